The molecule has 1 aromatic carbocycles. The van der Waals surface area contributed by atoms with E-state index < -0.39 is 0 Å². The average molecular weight is 415 g/mol. The van der Waals surface area contributed by atoms with Gasteiger partial charge in [-0.05, 0) is 55.7 Å². The van der Waals surface area contributed by atoms with E-state index in [2.05, 4.69) is 39.4 Å². The highest BCUT2D eigenvalue weighted by Gasteiger charge is 2.46. The molecule has 1 aliphatic heterocycles. The molecule has 7 heteroatoms. The van der Waals surface area contributed by atoms with Crippen molar-refractivity contribution in [2.24, 2.45) is 11.1 Å². The molecule has 3 aromatic heterocycles. The summed E-state index contributed by atoms with van der Waals surface area (Å²) in [5, 5.41) is 8.64. The molecule has 0 saturated carbocycles. The van der Waals surface area contributed by atoms with Gasteiger partial charge in [0.15, 0.2) is 5.82 Å². The van der Waals surface area contributed by atoms with Gasteiger partial charge < -0.3 is 15.2 Å². The molecule has 1 fully saturated rings. The molecule has 0 unspecified atom stereocenters. The molecule has 0 radical (unpaired) electrons. The van der Waals surface area contributed by atoms with Crippen LogP contribution in [-0.4, -0.2) is 32.8 Å². The van der Waals surface area contributed by atoms with Crippen LogP contribution >= 0.6 is 0 Å². The van der Waals surface area contributed by atoms with Crippen molar-refractivity contribution >= 4 is 11.3 Å². The lowest BCUT2D eigenvalue weighted by Crippen LogP contribution is -2.44. The van der Waals surface area contributed by atoms with Gasteiger partial charge in [-0.15, -0.1) is 0 Å². The molecule has 2 aliphatic rings. The second kappa shape index (κ2) is 6.65. The van der Waals surface area contributed by atoms with Crippen LogP contribution in [0.1, 0.15) is 41.4 Å². The number of rotatable bonds is 2. The Morgan fingerprint density at radius 3 is 2.65 bits per heavy atom. The summed E-state index contributed by atoms with van der Waals surface area (Å²) in [4.78, 5) is 7.43. The van der Waals surface area contributed by atoms with Crippen molar-refractivity contribution in [3.05, 3.63) is 65.3 Å². The van der Waals surface area contributed by atoms with Crippen molar-refractivity contribution in [3.63, 3.8) is 0 Å². The molecule has 1 aliphatic carbocycles. The number of piperidine rings is 1. The van der Waals surface area contributed by atoms with Crippen molar-refractivity contribution < 1.29 is 4.52 Å². The van der Waals surface area contributed by atoms with Gasteiger partial charge in [0.2, 0.25) is 0 Å². The Morgan fingerprint density at radius 1 is 1.10 bits per heavy atom. The second-order valence-electron chi connectivity index (χ2n) is 9.01. The minimum absolute atomic E-state index is 0.120. The number of nitrogens with zero attached hydrogens (tertiary/aromatic N) is 5. The van der Waals surface area contributed by atoms with E-state index >= 15 is 0 Å². The quantitative estimate of drug-likeness (QED) is 0.536. The van der Waals surface area contributed by atoms with Gasteiger partial charge in [-0.3, -0.25) is 0 Å². The van der Waals surface area contributed by atoms with Crippen LogP contribution < -0.4 is 10.6 Å². The fourth-order valence-corrected chi connectivity index (χ4v) is 5.60. The molecule has 158 valence electrons. The zero-order valence-corrected chi connectivity index (χ0v) is 17.9. The Hall–Kier alpha value is -3.19. The predicted molar refractivity (Wildman–Crippen MR) is 119 cm³/mol. The number of hydrogen-bond acceptors (Lipinski definition) is 6. The normalized spacial score (nSPS) is 20.0. The highest BCUT2D eigenvalue weighted by Crippen LogP contribution is 2.51. The molecular formula is C24H26N6O. The molecular weight excluding hydrogens is 388 g/mol. The largest absolute Gasteiger partial charge is 0.364 e. The summed E-state index contributed by atoms with van der Waals surface area (Å²) in [6.45, 7) is 5.86. The highest BCUT2D eigenvalue weighted by atomic mass is 16.5. The molecule has 0 amide bonds. The molecule has 6 rings (SSSR count). The maximum Gasteiger partial charge on any atom is 0.155 e. The first-order valence-electron chi connectivity index (χ1n) is 10.9. The highest BCUT2D eigenvalue weighted by molar-refractivity contribution is 5.76. The van der Waals surface area contributed by atoms with Gasteiger partial charge in [0.1, 0.15) is 11.8 Å². The first-order valence-corrected chi connectivity index (χ1v) is 10.9. The third kappa shape index (κ3) is 2.66. The van der Waals surface area contributed by atoms with Crippen molar-refractivity contribution in [3.8, 4) is 11.3 Å². The minimum Gasteiger partial charge on any atom is -0.364 e. The van der Waals surface area contributed by atoms with Gasteiger partial charge in [-0.25, -0.2) is 9.50 Å². The molecule has 1 saturated heterocycles. The lowest BCUT2D eigenvalue weighted by Gasteiger charge is -2.42. The van der Waals surface area contributed by atoms with Crippen LogP contribution in [-0.2, 0) is 6.42 Å². The molecule has 0 bridgehead atoms. The SMILES string of the molecule is Cc1nocc1-c1c(C)nc(N2CCC3(CC2)Cc2ccccc2[C@H]3N)c2ccnn12. The van der Waals surface area contributed by atoms with Crippen molar-refractivity contribution in [2.75, 3.05) is 18.0 Å². The van der Waals surface area contributed by atoms with Crippen molar-refractivity contribution in [1.82, 2.24) is 19.8 Å². The number of benzene rings is 1. The Balaban J connectivity index is 1.33. The minimum atomic E-state index is 0.120. The van der Waals surface area contributed by atoms with Crippen LogP contribution in [0, 0.1) is 19.3 Å². The van der Waals surface area contributed by atoms with Crippen molar-refractivity contribution in [2.45, 2.75) is 39.2 Å². The number of anilines is 1. The molecule has 4 aromatic rings. The molecule has 31 heavy (non-hydrogen) atoms. The fourth-order valence-electron chi connectivity index (χ4n) is 5.60. The first kappa shape index (κ1) is 18.6. The lowest BCUT2D eigenvalue weighted by molar-refractivity contribution is 0.187. The summed E-state index contributed by atoms with van der Waals surface area (Å²) in [7, 11) is 0. The van der Waals surface area contributed by atoms with Crippen LogP contribution in [0.5, 0.6) is 0 Å². The topological polar surface area (TPSA) is 85.5 Å². The van der Waals surface area contributed by atoms with Gasteiger partial charge in [0, 0.05) is 19.1 Å². The molecule has 1 atom stereocenters. The summed E-state index contributed by atoms with van der Waals surface area (Å²) < 4.78 is 7.15. The van der Waals surface area contributed by atoms with Crippen LogP contribution in [0.25, 0.3) is 16.8 Å². The van der Waals surface area contributed by atoms with Crippen molar-refractivity contribution in [1.29, 1.82) is 0 Å². The summed E-state index contributed by atoms with van der Waals surface area (Å²) in [5.41, 5.74) is 14.3. The van der Waals surface area contributed by atoms with Gasteiger partial charge in [-0.1, -0.05) is 29.4 Å². The Morgan fingerprint density at radius 2 is 1.90 bits per heavy atom. The summed E-state index contributed by atoms with van der Waals surface area (Å²) in [5.74, 6) is 0.992. The Kier molecular flexibility index (Phi) is 3.99. The molecule has 1 spiro atoms. The standard InChI is InChI=1S/C24H26N6O/c1-15-19(14-31-28-15)21-16(2)27-23(20-7-10-26-30(20)21)29-11-8-24(9-12-29)13-17-5-3-4-6-18(17)22(24)25/h3-7,10,14,22H,8-9,11-13,25H2,1-2H3/t22-/m1/s1. The molecule has 2 N–H and O–H groups in total. The van der Waals surface area contributed by atoms with Crippen LogP contribution in [0.3, 0.4) is 0 Å². The zero-order valence-electron chi connectivity index (χ0n) is 17.9. The van der Waals surface area contributed by atoms with Crippen LogP contribution in [0.15, 0.2) is 47.3 Å². The van der Waals surface area contributed by atoms with Gasteiger partial charge in [0.05, 0.1) is 28.8 Å². The monoisotopic (exact) mass is 414 g/mol. The number of nitrogens with two attached hydrogens (primary N) is 1. The third-order valence-electron chi connectivity index (χ3n) is 7.36. The maximum absolute atomic E-state index is 6.76. The molecule has 7 nitrogen and oxygen atoms in total. The Labute approximate surface area is 180 Å². The van der Waals surface area contributed by atoms with Gasteiger partial charge in [0.25, 0.3) is 0 Å². The Bertz CT molecular complexity index is 1280. The van der Waals surface area contributed by atoms with E-state index in [1.54, 1.807) is 6.26 Å². The van der Waals surface area contributed by atoms with Gasteiger partial charge in [-0.2, -0.15) is 5.10 Å². The second-order valence-corrected chi connectivity index (χ2v) is 9.01. The van der Waals surface area contributed by atoms with E-state index in [0.29, 0.717) is 0 Å². The summed E-state index contributed by atoms with van der Waals surface area (Å²) >= 11 is 0. The third-order valence-corrected chi connectivity index (χ3v) is 7.36. The van der Waals surface area contributed by atoms with E-state index in [-0.39, 0.29) is 11.5 Å². The number of hydrogen-bond donors (Lipinski definition) is 1. The summed E-state index contributed by atoms with van der Waals surface area (Å²) in [6, 6.07) is 10.8. The van der Waals surface area contributed by atoms with E-state index in [1.807, 2.05) is 30.6 Å². The van der Waals surface area contributed by atoms with E-state index in [1.165, 1.54) is 11.1 Å². The number of aryl methyl sites for hydroxylation is 2. The average Bonchev–Trinajstić information content (AvgIpc) is 3.48. The van der Waals surface area contributed by atoms with Gasteiger partial charge >= 0.3 is 0 Å². The van der Waals surface area contributed by atoms with Crippen LogP contribution in [0.2, 0.25) is 0 Å². The summed E-state index contributed by atoms with van der Waals surface area (Å²) in [6.07, 6.45) is 6.72. The van der Waals surface area contributed by atoms with Crippen LogP contribution in [0.4, 0.5) is 5.82 Å². The predicted octanol–water partition coefficient (Wildman–Crippen LogP) is 3.84. The van der Waals surface area contributed by atoms with E-state index in [9.17, 15) is 0 Å². The van der Waals surface area contributed by atoms with E-state index in [0.717, 1.165) is 66.3 Å². The smallest absolute Gasteiger partial charge is 0.155 e. The number of aromatic nitrogens is 4. The lowest BCUT2D eigenvalue weighted by atomic mass is 9.73. The van der Waals surface area contributed by atoms with E-state index in [4.69, 9.17) is 15.2 Å². The maximum atomic E-state index is 6.76. The first-order chi connectivity index (χ1) is 15.1. The number of fused-ring (bicyclic) bond motifs is 2. The molecule has 4 heterocycles. The fraction of sp³-hybridized carbons (Fsp3) is 0.375. The zero-order chi connectivity index (χ0) is 21.2.